The minimum atomic E-state index is -0.0937. The number of anilines is 1. The quantitative estimate of drug-likeness (QED) is 0.708. The highest BCUT2D eigenvalue weighted by molar-refractivity contribution is 5.93. The molecule has 0 aliphatic rings. The molecule has 26 heavy (non-hydrogen) atoms. The van der Waals surface area contributed by atoms with Crippen molar-refractivity contribution in [3.8, 4) is 0 Å². The van der Waals surface area contributed by atoms with E-state index < -0.39 is 0 Å². The molecule has 0 saturated carbocycles. The minimum Gasteiger partial charge on any atom is -0.345 e. The van der Waals surface area contributed by atoms with Crippen LogP contribution in [0.15, 0.2) is 48.5 Å². The molecule has 0 heterocycles. The van der Waals surface area contributed by atoms with Crippen LogP contribution in [0.4, 0.5) is 5.69 Å². The molecule has 2 aromatic rings. The first-order valence-electron chi connectivity index (χ1n) is 8.88. The Bertz CT molecular complexity index is 739. The number of aryl methyl sites for hydroxylation is 2. The molecule has 2 aromatic carbocycles. The van der Waals surface area contributed by atoms with E-state index in [1.807, 2.05) is 76.3 Å². The number of benzene rings is 2. The SMILES string of the molecule is Cc1cccc(C)c1NC(=O)C[NH+](C)CC(=O)N[C@H](C)c1ccccc1. The number of quaternary nitrogens is 1. The molecular weight excluding hydrogens is 326 g/mol. The number of para-hydroxylation sites is 1. The first kappa shape index (κ1) is 19.7. The van der Waals surface area contributed by atoms with E-state index in [2.05, 4.69) is 10.6 Å². The van der Waals surface area contributed by atoms with Crippen LogP contribution in [0.5, 0.6) is 0 Å². The van der Waals surface area contributed by atoms with Crippen LogP contribution in [-0.2, 0) is 9.59 Å². The highest BCUT2D eigenvalue weighted by atomic mass is 16.2. The van der Waals surface area contributed by atoms with Crippen LogP contribution >= 0.6 is 0 Å². The van der Waals surface area contributed by atoms with Gasteiger partial charge in [0.15, 0.2) is 13.1 Å². The zero-order valence-electron chi connectivity index (χ0n) is 15.9. The molecule has 1 unspecified atom stereocenters. The van der Waals surface area contributed by atoms with Gasteiger partial charge in [-0.25, -0.2) is 0 Å². The first-order chi connectivity index (χ1) is 12.4. The summed E-state index contributed by atoms with van der Waals surface area (Å²) >= 11 is 0. The van der Waals surface area contributed by atoms with Gasteiger partial charge >= 0.3 is 0 Å². The van der Waals surface area contributed by atoms with E-state index in [0.717, 1.165) is 27.3 Å². The molecule has 0 saturated heterocycles. The lowest BCUT2D eigenvalue weighted by Crippen LogP contribution is -3.11. The van der Waals surface area contributed by atoms with Crippen LogP contribution in [-0.4, -0.2) is 32.0 Å². The maximum absolute atomic E-state index is 12.3. The molecule has 0 bridgehead atoms. The predicted octanol–water partition coefficient (Wildman–Crippen LogP) is 1.63. The van der Waals surface area contributed by atoms with Crippen LogP contribution in [0.2, 0.25) is 0 Å². The summed E-state index contributed by atoms with van der Waals surface area (Å²) in [7, 11) is 1.84. The molecular formula is C21H28N3O2+. The van der Waals surface area contributed by atoms with E-state index in [-0.39, 0.29) is 30.9 Å². The Morgan fingerprint density at radius 1 is 0.923 bits per heavy atom. The number of carbonyl (C=O) groups is 2. The number of hydrogen-bond donors (Lipinski definition) is 3. The van der Waals surface area contributed by atoms with Gasteiger partial charge in [0.2, 0.25) is 0 Å². The molecule has 0 spiro atoms. The topological polar surface area (TPSA) is 62.6 Å². The molecule has 138 valence electrons. The summed E-state index contributed by atoms with van der Waals surface area (Å²) in [5.74, 6) is -0.164. The van der Waals surface area contributed by atoms with Crippen molar-refractivity contribution >= 4 is 17.5 Å². The first-order valence-corrected chi connectivity index (χ1v) is 8.88. The molecule has 5 heteroatoms. The summed E-state index contributed by atoms with van der Waals surface area (Å²) in [5, 5.41) is 5.93. The van der Waals surface area contributed by atoms with Crippen molar-refractivity contribution in [2.24, 2.45) is 0 Å². The Labute approximate surface area is 155 Å². The lowest BCUT2D eigenvalue weighted by Gasteiger charge is -2.18. The van der Waals surface area contributed by atoms with Gasteiger partial charge in [-0.1, -0.05) is 48.5 Å². The number of likely N-dealkylation sites (N-methyl/N-ethyl adjacent to an activating group) is 1. The molecule has 0 radical (unpaired) electrons. The highest BCUT2D eigenvalue weighted by Gasteiger charge is 2.17. The summed E-state index contributed by atoms with van der Waals surface area (Å²) in [6, 6.07) is 15.7. The van der Waals surface area contributed by atoms with Gasteiger partial charge in [-0.05, 0) is 37.5 Å². The van der Waals surface area contributed by atoms with Crippen molar-refractivity contribution in [3.05, 3.63) is 65.2 Å². The van der Waals surface area contributed by atoms with Gasteiger partial charge in [-0.15, -0.1) is 0 Å². The van der Waals surface area contributed by atoms with Crippen LogP contribution in [0, 0.1) is 13.8 Å². The molecule has 3 N–H and O–H groups in total. The van der Waals surface area contributed by atoms with Crippen LogP contribution < -0.4 is 15.5 Å². The van der Waals surface area contributed by atoms with E-state index in [0.29, 0.717) is 0 Å². The summed E-state index contributed by atoms with van der Waals surface area (Å²) in [4.78, 5) is 25.3. The fourth-order valence-corrected chi connectivity index (χ4v) is 2.92. The molecule has 0 fully saturated rings. The lowest BCUT2D eigenvalue weighted by molar-refractivity contribution is -0.862. The van der Waals surface area contributed by atoms with Crippen molar-refractivity contribution in [2.75, 3.05) is 25.5 Å². The van der Waals surface area contributed by atoms with Crippen LogP contribution in [0.3, 0.4) is 0 Å². The Balaban J connectivity index is 1.83. The van der Waals surface area contributed by atoms with Gasteiger partial charge in [0, 0.05) is 5.69 Å². The maximum atomic E-state index is 12.3. The third-order valence-electron chi connectivity index (χ3n) is 4.35. The smallest absolute Gasteiger partial charge is 0.279 e. The van der Waals surface area contributed by atoms with Crippen molar-refractivity contribution in [2.45, 2.75) is 26.8 Å². The van der Waals surface area contributed by atoms with E-state index in [1.54, 1.807) is 0 Å². The molecule has 2 rings (SSSR count). The molecule has 5 nitrogen and oxygen atoms in total. The number of amides is 2. The summed E-state index contributed by atoms with van der Waals surface area (Å²) < 4.78 is 0. The Morgan fingerprint density at radius 2 is 1.50 bits per heavy atom. The van der Waals surface area contributed by atoms with Gasteiger partial charge in [-0.3, -0.25) is 9.59 Å². The fourth-order valence-electron chi connectivity index (χ4n) is 2.92. The monoisotopic (exact) mass is 354 g/mol. The Kier molecular flexibility index (Phi) is 6.92. The number of hydrogen-bond acceptors (Lipinski definition) is 2. The van der Waals surface area contributed by atoms with E-state index >= 15 is 0 Å². The van der Waals surface area contributed by atoms with Crippen LogP contribution in [0.1, 0.15) is 29.7 Å². The van der Waals surface area contributed by atoms with Crippen molar-refractivity contribution in [1.29, 1.82) is 0 Å². The third-order valence-corrected chi connectivity index (χ3v) is 4.35. The Hall–Kier alpha value is -2.66. The maximum Gasteiger partial charge on any atom is 0.279 e. The number of carbonyl (C=O) groups excluding carboxylic acids is 2. The lowest BCUT2D eigenvalue weighted by atomic mass is 10.1. The standard InChI is InChI=1S/C21H27N3O2/c1-15-9-8-10-16(2)21(15)23-20(26)14-24(4)13-19(25)22-17(3)18-11-6-5-7-12-18/h5-12,17H,13-14H2,1-4H3,(H,22,25)(H,23,26)/p+1/t17-/m1/s1. The second kappa shape index (κ2) is 9.15. The van der Waals surface area contributed by atoms with Crippen molar-refractivity contribution in [3.63, 3.8) is 0 Å². The van der Waals surface area contributed by atoms with Gasteiger partial charge in [0.1, 0.15) is 0 Å². The second-order valence-corrected chi connectivity index (χ2v) is 6.83. The molecule has 0 aliphatic carbocycles. The van der Waals surface area contributed by atoms with Gasteiger partial charge in [-0.2, -0.15) is 0 Å². The van der Waals surface area contributed by atoms with Crippen LogP contribution in [0.25, 0.3) is 0 Å². The third kappa shape index (κ3) is 5.70. The van der Waals surface area contributed by atoms with Gasteiger partial charge in [0.05, 0.1) is 13.1 Å². The fraction of sp³-hybridized carbons (Fsp3) is 0.333. The highest BCUT2D eigenvalue weighted by Crippen LogP contribution is 2.18. The molecule has 2 atom stereocenters. The zero-order chi connectivity index (χ0) is 19.1. The summed E-state index contributed by atoms with van der Waals surface area (Å²) in [5.41, 5.74) is 3.98. The van der Waals surface area contributed by atoms with E-state index in [9.17, 15) is 9.59 Å². The molecule has 2 amide bonds. The number of nitrogens with one attached hydrogen (secondary N) is 3. The summed E-state index contributed by atoms with van der Waals surface area (Å²) in [6.07, 6.45) is 0. The second-order valence-electron chi connectivity index (χ2n) is 6.83. The zero-order valence-corrected chi connectivity index (χ0v) is 15.9. The largest absolute Gasteiger partial charge is 0.345 e. The molecule has 0 aliphatic heterocycles. The van der Waals surface area contributed by atoms with E-state index in [1.165, 1.54) is 0 Å². The van der Waals surface area contributed by atoms with Gasteiger partial charge in [0.25, 0.3) is 11.8 Å². The summed E-state index contributed by atoms with van der Waals surface area (Å²) in [6.45, 7) is 6.38. The van der Waals surface area contributed by atoms with Crippen molar-refractivity contribution in [1.82, 2.24) is 5.32 Å². The average molecular weight is 354 g/mol. The van der Waals surface area contributed by atoms with Crippen molar-refractivity contribution < 1.29 is 14.5 Å². The van der Waals surface area contributed by atoms with E-state index in [4.69, 9.17) is 0 Å². The minimum absolute atomic E-state index is 0.0556. The predicted molar refractivity (Wildman–Crippen MR) is 104 cm³/mol. The van der Waals surface area contributed by atoms with Gasteiger partial charge < -0.3 is 15.5 Å². The Morgan fingerprint density at radius 3 is 2.12 bits per heavy atom. The number of rotatable bonds is 7. The normalized spacial score (nSPS) is 12.9. The molecule has 0 aromatic heterocycles. The average Bonchev–Trinajstić information content (AvgIpc) is 2.58.